The molecule has 0 saturated carbocycles. The van der Waals surface area contributed by atoms with Gasteiger partial charge in [-0.05, 0) is 38.9 Å². The molecule has 0 fully saturated rings. The van der Waals surface area contributed by atoms with Gasteiger partial charge in [-0.2, -0.15) is 0 Å². The fourth-order valence-electron chi connectivity index (χ4n) is 1.88. The van der Waals surface area contributed by atoms with Crippen LogP contribution in [-0.2, 0) is 5.54 Å². The van der Waals surface area contributed by atoms with E-state index in [1.807, 2.05) is 45.2 Å². The molecule has 0 aromatic heterocycles. The topological polar surface area (TPSA) is 41.5 Å². The SMILES string of the molecule is CCC(CCNC)(N=O)c1ccc(C)cc1. The first-order valence-electron chi connectivity index (χ1n) is 5.75. The van der Waals surface area contributed by atoms with Crippen LogP contribution in [0.2, 0.25) is 0 Å². The van der Waals surface area contributed by atoms with Crippen molar-refractivity contribution in [3.05, 3.63) is 40.3 Å². The van der Waals surface area contributed by atoms with Gasteiger partial charge >= 0.3 is 0 Å². The van der Waals surface area contributed by atoms with E-state index in [0.717, 1.165) is 24.9 Å². The summed E-state index contributed by atoms with van der Waals surface area (Å²) in [6, 6.07) is 8.08. The molecule has 0 saturated heterocycles. The summed E-state index contributed by atoms with van der Waals surface area (Å²) in [6.45, 7) is 4.85. The van der Waals surface area contributed by atoms with Crippen LogP contribution < -0.4 is 5.32 Å². The van der Waals surface area contributed by atoms with Crippen molar-refractivity contribution in [1.82, 2.24) is 5.32 Å². The van der Waals surface area contributed by atoms with Crippen molar-refractivity contribution in [2.75, 3.05) is 13.6 Å². The van der Waals surface area contributed by atoms with Crippen LogP contribution in [0.3, 0.4) is 0 Å². The van der Waals surface area contributed by atoms with E-state index in [0.29, 0.717) is 0 Å². The number of aryl methyl sites for hydroxylation is 1. The van der Waals surface area contributed by atoms with Gasteiger partial charge < -0.3 is 5.32 Å². The summed E-state index contributed by atoms with van der Waals surface area (Å²) in [6.07, 6.45) is 1.48. The lowest BCUT2D eigenvalue weighted by Crippen LogP contribution is -2.27. The molecular weight excluding hydrogens is 200 g/mol. The second-order valence-corrected chi connectivity index (χ2v) is 4.20. The van der Waals surface area contributed by atoms with E-state index in [1.54, 1.807) is 0 Å². The van der Waals surface area contributed by atoms with Crippen LogP contribution in [0.25, 0.3) is 0 Å². The van der Waals surface area contributed by atoms with Crippen LogP contribution >= 0.6 is 0 Å². The van der Waals surface area contributed by atoms with Gasteiger partial charge in [0.05, 0.1) is 0 Å². The Morgan fingerprint density at radius 3 is 2.38 bits per heavy atom. The number of hydrogen-bond acceptors (Lipinski definition) is 3. The molecule has 0 aliphatic heterocycles. The molecule has 1 aromatic carbocycles. The average Bonchev–Trinajstić information content (AvgIpc) is 2.33. The summed E-state index contributed by atoms with van der Waals surface area (Å²) in [7, 11) is 1.89. The minimum atomic E-state index is -0.573. The van der Waals surface area contributed by atoms with Gasteiger partial charge in [-0.25, -0.2) is 0 Å². The molecule has 3 heteroatoms. The van der Waals surface area contributed by atoms with Crippen LogP contribution in [-0.4, -0.2) is 13.6 Å². The maximum absolute atomic E-state index is 11.2. The number of rotatable bonds is 6. The Morgan fingerprint density at radius 2 is 1.94 bits per heavy atom. The molecule has 0 spiro atoms. The van der Waals surface area contributed by atoms with Crippen molar-refractivity contribution in [3.8, 4) is 0 Å². The smallest absolute Gasteiger partial charge is 0.128 e. The van der Waals surface area contributed by atoms with Gasteiger partial charge in [0.15, 0.2) is 0 Å². The number of benzene rings is 1. The first-order valence-corrected chi connectivity index (χ1v) is 5.75. The molecule has 1 rings (SSSR count). The third-order valence-electron chi connectivity index (χ3n) is 3.14. The van der Waals surface area contributed by atoms with Gasteiger partial charge in [-0.15, -0.1) is 4.91 Å². The zero-order valence-corrected chi connectivity index (χ0v) is 10.3. The van der Waals surface area contributed by atoms with Crippen LogP contribution in [0.5, 0.6) is 0 Å². The van der Waals surface area contributed by atoms with E-state index in [-0.39, 0.29) is 0 Å². The van der Waals surface area contributed by atoms with E-state index in [1.165, 1.54) is 5.56 Å². The number of hydrogen-bond donors (Lipinski definition) is 1. The second kappa shape index (κ2) is 5.75. The summed E-state index contributed by atoms with van der Waals surface area (Å²) in [5.41, 5.74) is 1.65. The summed E-state index contributed by atoms with van der Waals surface area (Å²) < 4.78 is 0. The first kappa shape index (κ1) is 12.8. The van der Waals surface area contributed by atoms with E-state index in [2.05, 4.69) is 10.5 Å². The van der Waals surface area contributed by atoms with Crippen molar-refractivity contribution in [1.29, 1.82) is 0 Å². The van der Waals surface area contributed by atoms with Gasteiger partial charge in [0.1, 0.15) is 5.54 Å². The summed E-state index contributed by atoms with van der Waals surface area (Å²) in [4.78, 5) is 11.2. The Labute approximate surface area is 97.2 Å². The molecule has 0 aliphatic carbocycles. The highest BCUT2D eigenvalue weighted by Crippen LogP contribution is 2.32. The number of nitrogens with zero attached hydrogens (tertiary/aromatic N) is 1. The monoisotopic (exact) mass is 220 g/mol. The van der Waals surface area contributed by atoms with Crippen molar-refractivity contribution in [3.63, 3.8) is 0 Å². The highest BCUT2D eigenvalue weighted by molar-refractivity contribution is 5.28. The minimum absolute atomic E-state index is 0.573. The predicted octanol–water partition coefficient (Wildman–Crippen LogP) is 2.98. The van der Waals surface area contributed by atoms with Crippen molar-refractivity contribution in [2.24, 2.45) is 5.18 Å². The largest absolute Gasteiger partial charge is 0.320 e. The fraction of sp³-hybridized carbons (Fsp3) is 0.538. The fourth-order valence-corrected chi connectivity index (χ4v) is 1.88. The Balaban J connectivity index is 2.99. The maximum Gasteiger partial charge on any atom is 0.128 e. The lowest BCUT2D eigenvalue weighted by Gasteiger charge is -2.25. The molecule has 0 radical (unpaired) electrons. The molecule has 0 amide bonds. The molecule has 0 bridgehead atoms. The van der Waals surface area contributed by atoms with Crippen molar-refractivity contribution >= 4 is 0 Å². The average molecular weight is 220 g/mol. The first-order chi connectivity index (χ1) is 7.68. The summed E-state index contributed by atoms with van der Waals surface area (Å²) in [5, 5.41) is 6.46. The Hall–Kier alpha value is -1.22. The molecule has 0 aliphatic rings. The molecule has 16 heavy (non-hydrogen) atoms. The molecular formula is C13H20N2O. The molecule has 1 atom stereocenters. The lowest BCUT2D eigenvalue weighted by atomic mass is 9.85. The third-order valence-corrected chi connectivity index (χ3v) is 3.14. The van der Waals surface area contributed by atoms with Crippen LogP contribution in [0, 0.1) is 11.8 Å². The van der Waals surface area contributed by atoms with Gasteiger partial charge in [0.2, 0.25) is 0 Å². The normalized spacial score (nSPS) is 14.4. The molecule has 1 N–H and O–H groups in total. The minimum Gasteiger partial charge on any atom is -0.320 e. The highest BCUT2D eigenvalue weighted by atomic mass is 16.3. The van der Waals surface area contributed by atoms with E-state index in [9.17, 15) is 4.91 Å². The summed E-state index contributed by atoms with van der Waals surface area (Å²) >= 11 is 0. The van der Waals surface area contributed by atoms with Gasteiger partial charge in [-0.1, -0.05) is 41.9 Å². The van der Waals surface area contributed by atoms with E-state index < -0.39 is 5.54 Å². The lowest BCUT2D eigenvalue weighted by molar-refractivity contribution is 0.389. The van der Waals surface area contributed by atoms with E-state index >= 15 is 0 Å². The second-order valence-electron chi connectivity index (χ2n) is 4.20. The molecule has 0 heterocycles. The van der Waals surface area contributed by atoms with Crippen LogP contribution in [0.15, 0.2) is 29.4 Å². The predicted molar refractivity (Wildman–Crippen MR) is 67.5 cm³/mol. The van der Waals surface area contributed by atoms with Crippen LogP contribution in [0.1, 0.15) is 30.9 Å². The molecule has 3 nitrogen and oxygen atoms in total. The van der Waals surface area contributed by atoms with Crippen LogP contribution in [0.4, 0.5) is 0 Å². The van der Waals surface area contributed by atoms with Gasteiger partial charge in [0.25, 0.3) is 0 Å². The number of nitrogens with one attached hydrogen (secondary N) is 1. The zero-order chi connectivity index (χ0) is 12.0. The Morgan fingerprint density at radius 1 is 1.31 bits per heavy atom. The zero-order valence-electron chi connectivity index (χ0n) is 10.3. The standard InChI is InChI=1S/C13H20N2O/c1-4-13(15-16,9-10-14-3)12-7-5-11(2)6-8-12/h5-8,14H,4,9-10H2,1-3H3. The Kier molecular flexibility index (Phi) is 4.62. The molecule has 1 unspecified atom stereocenters. The maximum atomic E-state index is 11.2. The Bertz CT molecular complexity index is 334. The van der Waals surface area contributed by atoms with Crippen molar-refractivity contribution in [2.45, 2.75) is 32.2 Å². The molecule has 88 valence electrons. The third kappa shape index (κ3) is 2.67. The summed E-state index contributed by atoms with van der Waals surface area (Å²) in [5.74, 6) is 0. The number of nitroso groups, excluding NO2 is 1. The molecule has 1 aromatic rings. The van der Waals surface area contributed by atoms with E-state index in [4.69, 9.17) is 0 Å². The highest BCUT2D eigenvalue weighted by Gasteiger charge is 2.31. The van der Waals surface area contributed by atoms with Crippen molar-refractivity contribution < 1.29 is 0 Å². The van der Waals surface area contributed by atoms with Gasteiger partial charge in [-0.3, -0.25) is 0 Å². The quantitative estimate of drug-likeness (QED) is 0.749. The van der Waals surface area contributed by atoms with Gasteiger partial charge in [0, 0.05) is 0 Å².